The summed E-state index contributed by atoms with van der Waals surface area (Å²) >= 11 is 0. The molecule has 4 nitrogen and oxygen atoms in total. The average Bonchev–Trinajstić information content (AvgIpc) is 3.28. The standard InChI is InChI=1S/C24H29N3O/c1-2-8-21(9-3-1)23(27-16-12-25-13-17-27)20-22-10-4-5-11-24(22)28-19-18-26-14-6-7-15-26/h1-11,14-15,23,25H,12-13,16-20H2. The first kappa shape index (κ1) is 18.8. The molecule has 2 aromatic carbocycles. The third-order valence-corrected chi connectivity index (χ3v) is 5.44. The van der Waals surface area contributed by atoms with Crippen LogP contribution < -0.4 is 10.1 Å². The molecule has 1 fully saturated rings. The zero-order valence-corrected chi connectivity index (χ0v) is 16.3. The molecule has 4 heteroatoms. The topological polar surface area (TPSA) is 29.4 Å². The molecule has 0 aliphatic carbocycles. The van der Waals surface area contributed by atoms with Gasteiger partial charge in [-0.3, -0.25) is 4.90 Å². The third kappa shape index (κ3) is 4.83. The van der Waals surface area contributed by atoms with E-state index in [1.54, 1.807) is 0 Å². The summed E-state index contributed by atoms with van der Waals surface area (Å²) in [6.07, 6.45) is 5.11. The second-order valence-electron chi connectivity index (χ2n) is 7.29. The molecule has 1 saturated heterocycles. The maximum absolute atomic E-state index is 6.18. The number of rotatable bonds is 8. The predicted molar refractivity (Wildman–Crippen MR) is 114 cm³/mol. The second kappa shape index (κ2) is 9.58. The minimum Gasteiger partial charge on any atom is -0.491 e. The number of nitrogens with zero attached hydrogens (tertiary/aromatic N) is 2. The molecule has 1 aliphatic heterocycles. The minimum atomic E-state index is 0.373. The lowest BCUT2D eigenvalue weighted by Crippen LogP contribution is -2.45. The lowest BCUT2D eigenvalue weighted by molar-refractivity contribution is 0.171. The van der Waals surface area contributed by atoms with Gasteiger partial charge in [0.05, 0.1) is 6.54 Å². The van der Waals surface area contributed by atoms with Crippen LogP contribution in [0, 0.1) is 0 Å². The molecule has 0 spiro atoms. The van der Waals surface area contributed by atoms with Crippen LogP contribution in [-0.2, 0) is 13.0 Å². The van der Waals surface area contributed by atoms with Crippen molar-refractivity contribution < 1.29 is 4.74 Å². The van der Waals surface area contributed by atoms with Crippen molar-refractivity contribution in [2.75, 3.05) is 32.8 Å². The second-order valence-corrected chi connectivity index (χ2v) is 7.29. The van der Waals surface area contributed by atoms with Gasteiger partial charge in [0, 0.05) is 44.6 Å². The van der Waals surface area contributed by atoms with Gasteiger partial charge in [0.2, 0.25) is 0 Å². The summed E-state index contributed by atoms with van der Waals surface area (Å²) < 4.78 is 8.33. The summed E-state index contributed by atoms with van der Waals surface area (Å²) in [7, 11) is 0. The van der Waals surface area contributed by atoms with Gasteiger partial charge in [-0.1, -0.05) is 48.5 Å². The summed E-state index contributed by atoms with van der Waals surface area (Å²) in [6.45, 7) is 5.81. The smallest absolute Gasteiger partial charge is 0.122 e. The molecular formula is C24H29N3O. The molecule has 4 rings (SSSR count). The molecule has 2 heterocycles. The molecule has 1 unspecified atom stereocenters. The Morgan fingerprint density at radius 2 is 1.57 bits per heavy atom. The van der Waals surface area contributed by atoms with Crippen molar-refractivity contribution in [1.82, 2.24) is 14.8 Å². The number of nitrogens with one attached hydrogen (secondary N) is 1. The van der Waals surface area contributed by atoms with Crippen molar-refractivity contribution in [3.8, 4) is 5.75 Å². The largest absolute Gasteiger partial charge is 0.491 e. The van der Waals surface area contributed by atoms with Crippen LogP contribution in [0.4, 0.5) is 0 Å². The van der Waals surface area contributed by atoms with Crippen LogP contribution in [0.5, 0.6) is 5.75 Å². The molecular weight excluding hydrogens is 346 g/mol. The summed E-state index contributed by atoms with van der Waals surface area (Å²) in [5.74, 6) is 1.01. The Morgan fingerprint density at radius 3 is 2.36 bits per heavy atom. The molecule has 1 aromatic heterocycles. The van der Waals surface area contributed by atoms with E-state index in [4.69, 9.17) is 4.74 Å². The molecule has 28 heavy (non-hydrogen) atoms. The van der Waals surface area contributed by atoms with Crippen molar-refractivity contribution in [2.45, 2.75) is 19.0 Å². The van der Waals surface area contributed by atoms with Crippen LogP contribution in [0.2, 0.25) is 0 Å². The molecule has 0 bridgehead atoms. The Morgan fingerprint density at radius 1 is 0.857 bits per heavy atom. The molecule has 3 aromatic rings. The maximum atomic E-state index is 6.18. The van der Waals surface area contributed by atoms with E-state index >= 15 is 0 Å². The summed E-state index contributed by atoms with van der Waals surface area (Å²) in [5.41, 5.74) is 2.66. The van der Waals surface area contributed by atoms with Crippen LogP contribution in [0.25, 0.3) is 0 Å². The molecule has 0 amide bonds. The van der Waals surface area contributed by atoms with Crippen molar-refractivity contribution >= 4 is 0 Å². The number of hydrogen-bond donors (Lipinski definition) is 1. The van der Waals surface area contributed by atoms with E-state index in [1.807, 2.05) is 12.1 Å². The summed E-state index contributed by atoms with van der Waals surface area (Å²) in [6, 6.07) is 23.9. The number of para-hydroxylation sites is 1. The monoisotopic (exact) mass is 375 g/mol. The first-order valence-electron chi connectivity index (χ1n) is 10.2. The van der Waals surface area contributed by atoms with E-state index in [0.717, 1.165) is 44.9 Å². The first-order chi connectivity index (χ1) is 13.9. The van der Waals surface area contributed by atoms with Gasteiger partial charge in [-0.05, 0) is 35.7 Å². The fourth-order valence-electron chi connectivity index (χ4n) is 3.93. The Balaban J connectivity index is 1.49. The highest BCUT2D eigenvalue weighted by Crippen LogP contribution is 2.29. The molecule has 1 atom stereocenters. The minimum absolute atomic E-state index is 0.373. The molecule has 146 valence electrons. The quantitative estimate of drug-likeness (QED) is 0.650. The van der Waals surface area contributed by atoms with Gasteiger partial charge in [0.1, 0.15) is 12.4 Å². The number of hydrogen-bond acceptors (Lipinski definition) is 3. The van der Waals surface area contributed by atoms with E-state index < -0.39 is 0 Å². The van der Waals surface area contributed by atoms with Crippen molar-refractivity contribution in [2.24, 2.45) is 0 Å². The van der Waals surface area contributed by atoms with Gasteiger partial charge < -0.3 is 14.6 Å². The third-order valence-electron chi connectivity index (χ3n) is 5.44. The Kier molecular flexibility index (Phi) is 6.43. The van der Waals surface area contributed by atoms with Gasteiger partial charge in [0.15, 0.2) is 0 Å². The number of benzene rings is 2. The fraction of sp³-hybridized carbons (Fsp3) is 0.333. The van der Waals surface area contributed by atoms with Gasteiger partial charge >= 0.3 is 0 Å². The highest BCUT2D eigenvalue weighted by molar-refractivity contribution is 5.35. The summed E-state index contributed by atoms with van der Waals surface area (Å²) in [4.78, 5) is 2.60. The summed E-state index contributed by atoms with van der Waals surface area (Å²) in [5, 5.41) is 3.47. The molecule has 1 aliphatic rings. The van der Waals surface area contributed by atoms with Crippen molar-refractivity contribution in [3.63, 3.8) is 0 Å². The van der Waals surface area contributed by atoms with Gasteiger partial charge in [-0.25, -0.2) is 0 Å². The predicted octanol–water partition coefficient (Wildman–Crippen LogP) is 3.76. The molecule has 1 N–H and O–H groups in total. The number of ether oxygens (including phenoxy) is 1. The zero-order valence-electron chi connectivity index (χ0n) is 16.3. The van der Waals surface area contributed by atoms with Crippen molar-refractivity contribution in [3.05, 3.63) is 90.3 Å². The lowest BCUT2D eigenvalue weighted by atomic mass is 9.96. The fourth-order valence-corrected chi connectivity index (χ4v) is 3.93. The maximum Gasteiger partial charge on any atom is 0.122 e. The van der Waals surface area contributed by atoms with Gasteiger partial charge in [-0.15, -0.1) is 0 Å². The van der Waals surface area contributed by atoms with Crippen molar-refractivity contribution in [1.29, 1.82) is 0 Å². The highest BCUT2D eigenvalue weighted by atomic mass is 16.5. The molecule has 0 radical (unpaired) electrons. The Hall–Kier alpha value is -2.56. The zero-order chi connectivity index (χ0) is 19.0. The van der Waals surface area contributed by atoms with Crippen LogP contribution in [-0.4, -0.2) is 42.3 Å². The SMILES string of the molecule is c1ccc(C(Cc2ccccc2OCCn2cccc2)N2CCNCC2)cc1. The Labute approximate surface area is 167 Å². The van der Waals surface area contributed by atoms with E-state index in [-0.39, 0.29) is 0 Å². The van der Waals surface area contributed by atoms with E-state index in [9.17, 15) is 0 Å². The van der Waals surface area contributed by atoms with E-state index in [1.165, 1.54) is 11.1 Å². The van der Waals surface area contributed by atoms with Gasteiger partial charge in [-0.2, -0.15) is 0 Å². The Bertz CT molecular complexity index is 826. The van der Waals surface area contributed by atoms with E-state index in [2.05, 4.69) is 81.8 Å². The van der Waals surface area contributed by atoms with Crippen LogP contribution >= 0.6 is 0 Å². The lowest BCUT2D eigenvalue weighted by Gasteiger charge is -2.35. The first-order valence-corrected chi connectivity index (χ1v) is 10.2. The number of piperazine rings is 1. The van der Waals surface area contributed by atoms with E-state index in [0.29, 0.717) is 12.6 Å². The highest BCUT2D eigenvalue weighted by Gasteiger charge is 2.23. The average molecular weight is 376 g/mol. The van der Waals surface area contributed by atoms with Crippen LogP contribution in [0.15, 0.2) is 79.1 Å². The van der Waals surface area contributed by atoms with Gasteiger partial charge in [0.25, 0.3) is 0 Å². The van der Waals surface area contributed by atoms with Crippen LogP contribution in [0.3, 0.4) is 0 Å². The molecule has 0 saturated carbocycles. The normalized spacial score (nSPS) is 16.0. The van der Waals surface area contributed by atoms with Crippen LogP contribution in [0.1, 0.15) is 17.2 Å². The number of aromatic nitrogens is 1.